The molecule has 0 aliphatic heterocycles. The van der Waals surface area contributed by atoms with Gasteiger partial charge in [0, 0.05) is 13.0 Å². The number of carbonyl (C=O) groups excluding carboxylic acids is 1. The Balaban J connectivity index is 3.17. The zero-order valence-corrected chi connectivity index (χ0v) is 21.1. The Morgan fingerprint density at radius 1 is 0.567 bits per heavy atom. The third-order valence-electron chi connectivity index (χ3n) is 6.38. The molecule has 3 nitrogen and oxygen atoms in total. The topological polar surface area (TPSA) is 32.3 Å². The number of nitrogens with one attached hydrogen (secondary N) is 1. The molecule has 0 aromatic heterocycles. The standard InChI is InChI=1S/C27H56N2O/c1-4-7-8-9-10-11-12-13-14-15-16-17-18-19-20-21-22-24-27(30)28-25-23-26-29(5-2)6-3/h4-26H2,1-3H3,(H,28,30). The normalized spacial score (nSPS) is 11.3. The predicted octanol–water partition coefficient (Wildman–Crippen LogP) is 7.88. The average molecular weight is 425 g/mol. The smallest absolute Gasteiger partial charge is 0.219 e. The lowest BCUT2D eigenvalue weighted by Crippen LogP contribution is -2.29. The molecule has 0 atom stereocenters. The van der Waals surface area contributed by atoms with Crippen molar-refractivity contribution in [2.75, 3.05) is 26.2 Å². The number of carbonyl (C=O) groups is 1. The summed E-state index contributed by atoms with van der Waals surface area (Å²) in [7, 11) is 0. The highest BCUT2D eigenvalue weighted by molar-refractivity contribution is 5.75. The van der Waals surface area contributed by atoms with E-state index in [9.17, 15) is 4.79 Å². The largest absolute Gasteiger partial charge is 0.356 e. The first-order valence-corrected chi connectivity index (χ1v) is 13.7. The quantitative estimate of drug-likeness (QED) is 0.160. The van der Waals surface area contributed by atoms with Gasteiger partial charge in [0.15, 0.2) is 0 Å². The van der Waals surface area contributed by atoms with E-state index in [1.54, 1.807) is 0 Å². The molecule has 1 amide bonds. The van der Waals surface area contributed by atoms with Crippen LogP contribution in [0.2, 0.25) is 0 Å². The Hall–Kier alpha value is -0.570. The van der Waals surface area contributed by atoms with Gasteiger partial charge in [-0.15, -0.1) is 0 Å². The van der Waals surface area contributed by atoms with Crippen LogP contribution in [-0.2, 0) is 4.79 Å². The zero-order valence-electron chi connectivity index (χ0n) is 21.1. The second-order valence-electron chi connectivity index (χ2n) is 9.14. The van der Waals surface area contributed by atoms with Crippen molar-refractivity contribution < 1.29 is 4.79 Å². The fourth-order valence-electron chi connectivity index (χ4n) is 4.17. The lowest BCUT2D eigenvalue weighted by atomic mass is 10.0. The number of hydrogen-bond donors (Lipinski definition) is 1. The molecule has 180 valence electrons. The number of amides is 1. The molecule has 0 aromatic carbocycles. The maximum absolute atomic E-state index is 11.9. The van der Waals surface area contributed by atoms with E-state index >= 15 is 0 Å². The van der Waals surface area contributed by atoms with Gasteiger partial charge in [0.1, 0.15) is 0 Å². The maximum Gasteiger partial charge on any atom is 0.219 e. The second kappa shape index (κ2) is 24.7. The Kier molecular flexibility index (Phi) is 24.2. The monoisotopic (exact) mass is 424 g/mol. The van der Waals surface area contributed by atoms with Crippen LogP contribution in [0.1, 0.15) is 143 Å². The summed E-state index contributed by atoms with van der Waals surface area (Å²) in [4.78, 5) is 14.3. The van der Waals surface area contributed by atoms with Crippen LogP contribution >= 0.6 is 0 Å². The fraction of sp³-hybridized carbons (Fsp3) is 0.963. The van der Waals surface area contributed by atoms with Gasteiger partial charge in [0.05, 0.1) is 0 Å². The number of hydrogen-bond acceptors (Lipinski definition) is 2. The van der Waals surface area contributed by atoms with Crippen LogP contribution in [0.5, 0.6) is 0 Å². The third kappa shape index (κ3) is 22.1. The molecule has 0 saturated carbocycles. The lowest BCUT2D eigenvalue weighted by molar-refractivity contribution is -0.121. The molecule has 30 heavy (non-hydrogen) atoms. The first kappa shape index (κ1) is 29.4. The molecule has 3 heteroatoms. The highest BCUT2D eigenvalue weighted by Crippen LogP contribution is 2.14. The summed E-state index contributed by atoms with van der Waals surface area (Å²) in [5.74, 6) is 0.246. The van der Waals surface area contributed by atoms with Gasteiger partial charge in [-0.05, 0) is 32.5 Å². The minimum absolute atomic E-state index is 0.246. The van der Waals surface area contributed by atoms with Gasteiger partial charge in [-0.2, -0.15) is 0 Å². The summed E-state index contributed by atoms with van der Waals surface area (Å²) < 4.78 is 0. The Labute approximate surface area is 190 Å². The highest BCUT2D eigenvalue weighted by atomic mass is 16.1. The second-order valence-corrected chi connectivity index (χ2v) is 9.14. The van der Waals surface area contributed by atoms with Crippen LogP contribution in [0, 0.1) is 0 Å². The van der Waals surface area contributed by atoms with Crippen LogP contribution in [0.15, 0.2) is 0 Å². The van der Waals surface area contributed by atoms with Crippen molar-refractivity contribution in [1.82, 2.24) is 10.2 Å². The van der Waals surface area contributed by atoms with Gasteiger partial charge in [-0.3, -0.25) is 4.79 Å². The number of unbranched alkanes of at least 4 members (excludes halogenated alkanes) is 16. The van der Waals surface area contributed by atoms with Crippen LogP contribution < -0.4 is 5.32 Å². The number of nitrogens with zero attached hydrogens (tertiary/aromatic N) is 1. The van der Waals surface area contributed by atoms with Crippen LogP contribution in [0.4, 0.5) is 0 Å². The summed E-state index contributed by atoms with van der Waals surface area (Å²) >= 11 is 0. The van der Waals surface area contributed by atoms with Crippen molar-refractivity contribution in [3.8, 4) is 0 Å². The highest BCUT2D eigenvalue weighted by Gasteiger charge is 2.02. The third-order valence-corrected chi connectivity index (χ3v) is 6.38. The van der Waals surface area contributed by atoms with Gasteiger partial charge in [0.25, 0.3) is 0 Å². The molecule has 1 N–H and O–H groups in total. The van der Waals surface area contributed by atoms with E-state index in [0.717, 1.165) is 39.0 Å². The van der Waals surface area contributed by atoms with Gasteiger partial charge in [-0.1, -0.05) is 124 Å². The van der Waals surface area contributed by atoms with Crippen LogP contribution in [-0.4, -0.2) is 37.0 Å². The molecule has 0 radical (unpaired) electrons. The van der Waals surface area contributed by atoms with Gasteiger partial charge < -0.3 is 10.2 Å². The van der Waals surface area contributed by atoms with E-state index < -0.39 is 0 Å². The van der Waals surface area contributed by atoms with Gasteiger partial charge >= 0.3 is 0 Å². The van der Waals surface area contributed by atoms with E-state index in [2.05, 4.69) is 31.0 Å². The molecule has 0 saturated heterocycles. The molecule has 0 aliphatic carbocycles. The number of rotatable bonds is 24. The van der Waals surface area contributed by atoms with Crippen LogP contribution in [0.25, 0.3) is 0 Å². The predicted molar refractivity (Wildman–Crippen MR) is 134 cm³/mol. The van der Waals surface area contributed by atoms with Crippen molar-refractivity contribution in [3.63, 3.8) is 0 Å². The van der Waals surface area contributed by atoms with Crippen molar-refractivity contribution in [1.29, 1.82) is 0 Å². The molecule has 0 rings (SSSR count). The van der Waals surface area contributed by atoms with Gasteiger partial charge in [0.2, 0.25) is 5.91 Å². The average Bonchev–Trinajstić information content (AvgIpc) is 2.76. The molecule has 0 bridgehead atoms. The molecule has 0 aliphatic rings. The van der Waals surface area contributed by atoms with Crippen molar-refractivity contribution in [2.24, 2.45) is 0 Å². The van der Waals surface area contributed by atoms with Crippen molar-refractivity contribution in [3.05, 3.63) is 0 Å². The minimum Gasteiger partial charge on any atom is -0.356 e. The van der Waals surface area contributed by atoms with E-state index in [0.29, 0.717) is 6.42 Å². The molecule has 0 spiro atoms. The van der Waals surface area contributed by atoms with Crippen molar-refractivity contribution >= 4 is 5.91 Å². The van der Waals surface area contributed by atoms with E-state index in [4.69, 9.17) is 0 Å². The van der Waals surface area contributed by atoms with E-state index in [1.807, 2.05) is 0 Å². The molecular formula is C27H56N2O. The SMILES string of the molecule is CCCCCCCCCCCCCCCCCCCC(=O)NCCCN(CC)CC. The molecular weight excluding hydrogens is 368 g/mol. The van der Waals surface area contributed by atoms with E-state index in [-0.39, 0.29) is 5.91 Å². The Morgan fingerprint density at radius 2 is 0.967 bits per heavy atom. The van der Waals surface area contributed by atoms with Crippen LogP contribution in [0.3, 0.4) is 0 Å². The summed E-state index contributed by atoms with van der Waals surface area (Å²) in [6, 6.07) is 0. The first-order chi connectivity index (χ1) is 14.7. The van der Waals surface area contributed by atoms with Gasteiger partial charge in [-0.25, -0.2) is 0 Å². The van der Waals surface area contributed by atoms with E-state index in [1.165, 1.54) is 103 Å². The summed E-state index contributed by atoms with van der Waals surface area (Å²) in [5, 5.41) is 3.08. The molecule has 0 fully saturated rings. The minimum atomic E-state index is 0.246. The molecule has 0 heterocycles. The Morgan fingerprint density at radius 3 is 1.37 bits per heavy atom. The summed E-state index contributed by atoms with van der Waals surface area (Å²) in [6.07, 6.45) is 25.3. The maximum atomic E-state index is 11.9. The molecule has 0 unspecified atom stereocenters. The first-order valence-electron chi connectivity index (χ1n) is 13.7. The fourth-order valence-corrected chi connectivity index (χ4v) is 4.17. The molecule has 0 aromatic rings. The zero-order chi connectivity index (χ0) is 22.1. The van der Waals surface area contributed by atoms with Crippen molar-refractivity contribution in [2.45, 2.75) is 143 Å². The summed E-state index contributed by atoms with van der Waals surface area (Å²) in [5.41, 5.74) is 0. The summed E-state index contributed by atoms with van der Waals surface area (Å²) in [6.45, 7) is 10.8. The lowest BCUT2D eigenvalue weighted by Gasteiger charge is -2.17. The Bertz CT molecular complexity index is 342.